The van der Waals surface area contributed by atoms with Crippen LogP contribution in [0.5, 0.6) is 0 Å². The minimum absolute atomic E-state index is 0.0907. The molecule has 2 nitrogen and oxygen atoms in total. The van der Waals surface area contributed by atoms with E-state index in [-0.39, 0.29) is 11.9 Å². The highest BCUT2D eigenvalue weighted by Gasteiger charge is 2.43. The van der Waals surface area contributed by atoms with Gasteiger partial charge < -0.3 is 4.74 Å². The molecule has 2 unspecified atom stereocenters. The van der Waals surface area contributed by atoms with Gasteiger partial charge in [0.2, 0.25) is 0 Å². The highest BCUT2D eigenvalue weighted by atomic mass is 16.5. The topological polar surface area (TPSA) is 26.3 Å². The maximum atomic E-state index is 12.3. The SMILES string of the molecule is CCOC(=O)C1(C)CCCCC1C#Cc1ccccc1. The van der Waals surface area contributed by atoms with Crippen molar-refractivity contribution in [2.24, 2.45) is 11.3 Å². The van der Waals surface area contributed by atoms with Gasteiger partial charge in [0.25, 0.3) is 0 Å². The summed E-state index contributed by atoms with van der Waals surface area (Å²) in [6.07, 6.45) is 4.08. The standard InChI is InChI=1S/C18H22O2/c1-3-20-17(19)18(2)14-8-7-11-16(18)13-12-15-9-5-4-6-10-15/h4-6,9-10,16H,3,7-8,11,14H2,1-2H3. The Kier molecular flexibility index (Phi) is 4.84. The average molecular weight is 270 g/mol. The van der Waals surface area contributed by atoms with Crippen molar-refractivity contribution in [2.75, 3.05) is 6.61 Å². The molecule has 1 saturated carbocycles. The van der Waals surface area contributed by atoms with Gasteiger partial charge in [-0.2, -0.15) is 0 Å². The van der Waals surface area contributed by atoms with Gasteiger partial charge in [0.05, 0.1) is 12.0 Å². The Morgan fingerprint density at radius 2 is 2.10 bits per heavy atom. The van der Waals surface area contributed by atoms with Crippen molar-refractivity contribution < 1.29 is 9.53 Å². The number of ether oxygens (including phenoxy) is 1. The predicted octanol–water partition coefficient (Wildman–Crippen LogP) is 3.80. The third kappa shape index (κ3) is 3.22. The van der Waals surface area contributed by atoms with Crippen LogP contribution in [0, 0.1) is 23.2 Å². The molecule has 106 valence electrons. The van der Waals surface area contributed by atoms with Crippen LogP contribution in [0.3, 0.4) is 0 Å². The molecule has 1 fully saturated rings. The zero-order valence-corrected chi connectivity index (χ0v) is 12.3. The highest BCUT2D eigenvalue weighted by molar-refractivity contribution is 5.77. The fourth-order valence-electron chi connectivity index (χ4n) is 2.80. The van der Waals surface area contributed by atoms with E-state index in [0.717, 1.165) is 31.2 Å². The quantitative estimate of drug-likeness (QED) is 0.603. The smallest absolute Gasteiger partial charge is 0.313 e. The second-order valence-corrected chi connectivity index (χ2v) is 5.57. The van der Waals surface area contributed by atoms with E-state index in [9.17, 15) is 4.79 Å². The molecule has 0 N–H and O–H groups in total. The van der Waals surface area contributed by atoms with Gasteiger partial charge >= 0.3 is 5.97 Å². The molecule has 0 aromatic heterocycles. The van der Waals surface area contributed by atoms with Crippen LogP contribution in [0.4, 0.5) is 0 Å². The minimum atomic E-state index is -0.448. The second-order valence-electron chi connectivity index (χ2n) is 5.57. The summed E-state index contributed by atoms with van der Waals surface area (Å²) in [4.78, 5) is 12.3. The summed E-state index contributed by atoms with van der Waals surface area (Å²) >= 11 is 0. The Balaban J connectivity index is 2.19. The van der Waals surface area contributed by atoms with E-state index >= 15 is 0 Å². The number of carbonyl (C=O) groups excluding carboxylic acids is 1. The highest BCUT2D eigenvalue weighted by Crippen LogP contribution is 2.41. The Hall–Kier alpha value is -1.75. The molecule has 1 aliphatic rings. The van der Waals surface area contributed by atoms with E-state index in [1.165, 1.54) is 0 Å². The Labute approximate surface area is 121 Å². The van der Waals surface area contributed by atoms with Gasteiger partial charge in [-0.25, -0.2) is 0 Å². The predicted molar refractivity (Wildman–Crippen MR) is 80.0 cm³/mol. The van der Waals surface area contributed by atoms with Gasteiger partial charge in [-0.1, -0.05) is 42.9 Å². The summed E-state index contributed by atoms with van der Waals surface area (Å²) in [5.41, 5.74) is 0.556. The van der Waals surface area contributed by atoms with E-state index in [1.54, 1.807) is 0 Å². The van der Waals surface area contributed by atoms with Crippen molar-refractivity contribution in [2.45, 2.75) is 39.5 Å². The molecule has 0 saturated heterocycles. The molecule has 0 aliphatic heterocycles. The van der Waals surface area contributed by atoms with Gasteiger partial charge in [-0.05, 0) is 38.8 Å². The van der Waals surface area contributed by atoms with Gasteiger partial charge in [-0.15, -0.1) is 0 Å². The van der Waals surface area contributed by atoms with Crippen LogP contribution in [-0.4, -0.2) is 12.6 Å². The number of hydrogen-bond donors (Lipinski definition) is 0. The molecule has 2 heteroatoms. The van der Waals surface area contributed by atoms with E-state index in [1.807, 2.05) is 44.2 Å². The summed E-state index contributed by atoms with van der Waals surface area (Å²) in [5.74, 6) is 6.53. The van der Waals surface area contributed by atoms with Crippen molar-refractivity contribution in [3.05, 3.63) is 35.9 Å². The van der Waals surface area contributed by atoms with Gasteiger partial charge in [-0.3, -0.25) is 4.79 Å². The van der Waals surface area contributed by atoms with Crippen molar-refractivity contribution in [3.8, 4) is 11.8 Å². The van der Waals surface area contributed by atoms with Gasteiger partial charge in [0.15, 0.2) is 0 Å². The first-order chi connectivity index (χ1) is 9.66. The van der Waals surface area contributed by atoms with Crippen LogP contribution in [-0.2, 0) is 9.53 Å². The third-order valence-electron chi connectivity index (χ3n) is 4.11. The van der Waals surface area contributed by atoms with Crippen LogP contribution in [0.2, 0.25) is 0 Å². The fourth-order valence-corrected chi connectivity index (χ4v) is 2.80. The molecule has 20 heavy (non-hydrogen) atoms. The molecule has 0 radical (unpaired) electrons. The molecular weight excluding hydrogens is 248 g/mol. The first-order valence-corrected chi connectivity index (χ1v) is 7.40. The zero-order chi connectivity index (χ0) is 14.4. The van der Waals surface area contributed by atoms with Crippen LogP contribution in [0.15, 0.2) is 30.3 Å². The first-order valence-electron chi connectivity index (χ1n) is 7.40. The van der Waals surface area contributed by atoms with Gasteiger partial charge in [0.1, 0.15) is 0 Å². The van der Waals surface area contributed by atoms with Crippen LogP contribution in [0.1, 0.15) is 45.1 Å². The summed E-state index contributed by atoms with van der Waals surface area (Å²) in [6.45, 7) is 4.30. The van der Waals surface area contributed by atoms with Crippen LogP contribution < -0.4 is 0 Å². The lowest BCUT2D eigenvalue weighted by molar-refractivity contribution is -0.158. The first kappa shape index (κ1) is 14.7. The molecule has 1 aliphatic carbocycles. The number of rotatable bonds is 2. The van der Waals surface area contributed by atoms with Crippen molar-refractivity contribution in [1.82, 2.24) is 0 Å². The normalized spacial score (nSPS) is 25.4. The van der Waals surface area contributed by atoms with E-state index < -0.39 is 5.41 Å². The molecule has 1 aromatic rings. The number of esters is 1. The summed E-state index contributed by atoms with van der Waals surface area (Å²) < 4.78 is 5.26. The van der Waals surface area contributed by atoms with E-state index in [2.05, 4.69) is 11.8 Å². The molecule has 0 spiro atoms. The monoisotopic (exact) mass is 270 g/mol. The third-order valence-corrected chi connectivity index (χ3v) is 4.11. The molecule has 2 rings (SSSR count). The van der Waals surface area contributed by atoms with Gasteiger partial charge in [0, 0.05) is 11.5 Å². The molecule has 0 heterocycles. The maximum Gasteiger partial charge on any atom is 0.313 e. The lowest BCUT2D eigenvalue weighted by Gasteiger charge is -2.36. The van der Waals surface area contributed by atoms with Crippen LogP contribution >= 0.6 is 0 Å². The van der Waals surface area contributed by atoms with Crippen molar-refractivity contribution >= 4 is 5.97 Å². The molecular formula is C18H22O2. The van der Waals surface area contributed by atoms with E-state index in [0.29, 0.717) is 6.61 Å². The largest absolute Gasteiger partial charge is 0.466 e. The number of carbonyl (C=O) groups is 1. The average Bonchev–Trinajstić information content (AvgIpc) is 2.48. The molecule has 0 bridgehead atoms. The van der Waals surface area contributed by atoms with Crippen molar-refractivity contribution in [1.29, 1.82) is 0 Å². The Bertz CT molecular complexity index is 509. The van der Waals surface area contributed by atoms with Crippen molar-refractivity contribution in [3.63, 3.8) is 0 Å². The van der Waals surface area contributed by atoms with Crippen LogP contribution in [0.25, 0.3) is 0 Å². The second kappa shape index (κ2) is 6.61. The zero-order valence-electron chi connectivity index (χ0n) is 12.3. The molecule has 0 amide bonds. The fraction of sp³-hybridized carbons (Fsp3) is 0.500. The molecule has 1 aromatic carbocycles. The minimum Gasteiger partial charge on any atom is -0.466 e. The Morgan fingerprint density at radius 1 is 1.35 bits per heavy atom. The maximum absolute atomic E-state index is 12.3. The summed E-state index contributed by atoms with van der Waals surface area (Å²) in [5, 5.41) is 0. The number of hydrogen-bond acceptors (Lipinski definition) is 2. The lowest BCUT2D eigenvalue weighted by Crippen LogP contribution is -2.39. The van der Waals surface area contributed by atoms with E-state index in [4.69, 9.17) is 4.74 Å². The Morgan fingerprint density at radius 3 is 2.80 bits per heavy atom. The number of benzene rings is 1. The summed E-state index contributed by atoms with van der Waals surface area (Å²) in [6, 6.07) is 9.94. The molecule has 2 atom stereocenters. The lowest BCUT2D eigenvalue weighted by atomic mass is 9.67. The summed E-state index contributed by atoms with van der Waals surface area (Å²) in [7, 11) is 0.